The first-order chi connectivity index (χ1) is 8.89. The van der Waals surface area contributed by atoms with E-state index in [4.69, 9.17) is 0 Å². The predicted molar refractivity (Wildman–Crippen MR) is 66.6 cm³/mol. The van der Waals surface area contributed by atoms with Crippen molar-refractivity contribution in [3.63, 3.8) is 0 Å². The zero-order valence-corrected chi connectivity index (χ0v) is 10.8. The van der Waals surface area contributed by atoms with Crippen LogP contribution in [0.4, 0.5) is 13.2 Å². The monoisotopic (exact) mass is 273 g/mol. The molecule has 2 rings (SSSR count). The van der Waals surface area contributed by atoms with Gasteiger partial charge in [-0.3, -0.25) is 4.90 Å². The van der Waals surface area contributed by atoms with Gasteiger partial charge in [0.25, 0.3) is 0 Å². The normalized spacial score (nSPS) is 27.2. The Morgan fingerprint density at radius 1 is 1.26 bits per heavy atom. The molecule has 0 bridgehead atoms. The van der Waals surface area contributed by atoms with Crippen LogP contribution in [0.5, 0.6) is 0 Å². The first kappa shape index (κ1) is 14.3. The standard InChI is InChI=1S/C14H18F3NO/c1-10(11-5-3-2-4-6-11)18-8-7-12(19)9-13(18)14(15,16)17/h2-6,10,12-13,19H,7-9H2,1H3. The van der Waals surface area contributed by atoms with Gasteiger partial charge >= 0.3 is 6.18 Å². The largest absolute Gasteiger partial charge is 0.404 e. The molecular weight excluding hydrogens is 255 g/mol. The van der Waals surface area contributed by atoms with Gasteiger partial charge in [-0.05, 0) is 25.3 Å². The first-order valence-electron chi connectivity index (χ1n) is 6.45. The Bertz CT molecular complexity index is 407. The third kappa shape index (κ3) is 3.28. The Balaban J connectivity index is 2.21. The SMILES string of the molecule is CC(c1ccccc1)N1CCC(O)CC1C(F)(F)F. The molecule has 0 radical (unpaired) electrons. The van der Waals surface area contributed by atoms with E-state index in [0.717, 1.165) is 5.56 Å². The van der Waals surface area contributed by atoms with E-state index in [1.165, 1.54) is 4.90 Å². The minimum atomic E-state index is -4.30. The summed E-state index contributed by atoms with van der Waals surface area (Å²) in [5, 5.41) is 9.49. The molecule has 1 aliphatic heterocycles. The van der Waals surface area contributed by atoms with E-state index in [1.807, 2.05) is 30.3 Å². The molecule has 3 atom stereocenters. The molecule has 0 amide bonds. The van der Waals surface area contributed by atoms with E-state index in [0.29, 0.717) is 6.42 Å². The molecule has 1 aliphatic rings. The van der Waals surface area contributed by atoms with Gasteiger partial charge in [0.2, 0.25) is 0 Å². The molecule has 1 aromatic rings. The first-order valence-corrected chi connectivity index (χ1v) is 6.45. The van der Waals surface area contributed by atoms with Gasteiger partial charge in [0, 0.05) is 12.6 Å². The third-order valence-corrected chi connectivity index (χ3v) is 3.77. The van der Waals surface area contributed by atoms with Crippen molar-refractivity contribution in [2.75, 3.05) is 6.54 Å². The summed E-state index contributed by atoms with van der Waals surface area (Å²) < 4.78 is 39.3. The zero-order valence-electron chi connectivity index (χ0n) is 10.8. The second kappa shape index (κ2) is 5.51. The Labute approximate surface area is 110 Å². The fourth-order valence-electron chi connectivity index (χ4n) is 2.67. The van der Waals surface area contributed by atoms with Gasteiger partial charge in [0.15, 0.2) is 0 Å². The average molecular weight is 273 g/mol. The summed E-state index contributed by atoms with van der Waals surface area (Å²) in [7, 11) is 0. The summed E-state index contributed by atoms with van der Waals surface area (Å²) in [6.45, 7) is 2.05. The molecule has 1 aromatic carbocycles. The predicted octanol–water partition coefficient (Wildman–Crippen LogP) is 3.14. The molecule has 106 valence electrons. The highest BCUT2D eigenvalue weighted by atomic mass is 19.4. The number of piperidine rings is 1. The van der Waals surface area contributed by atoms with Crippen molar-refractivity contribution >= 4 is 0 Å². The van der Waals surface area contributed by atoms with Crippen molar-refractivity contribution in [1.29, 1.82) is 0 Å². The third-order valence-electron chi connectivity index (χ3n) is 3.77. The van der Waals surface area contributed by atoms with Gasteiger partial charge in [0.1, 0.15) is 6.04 Å². The van der Waals surface area contributed by atoms with Crippen LogP contribution < -0.4 is 0 Å². The van der Waals surface area contributed by atoms with Crippen LogP contribution in [0.25, 0.3) is 0 Å². The van der Waals surface area contributed by atoms with E-state index >= 15 is 0 Å². The summed E-state index contributed by atoms with van der Waals surface area (Å²) >= 11 is 0. The average Bonchev–Trinajstić information content (AvgIpc) is 2.38. The van der Waals surface area contributed by atoms with Crippen molar-refractivity contribution in [3.05, 3.63) is 35.9 Å². The summed E-state index contributed by atoms with van der Waals surface area (Å²) in [6, 6.07) is 7.30. The van der Waals surface area contributed by atoms with Crippen LogP contribution in [-0.2, 0) is 0 Å². The van der Waals surface area contributed by atoms with Crippen LogP contribution in [0, 0.1) is 0 Å². The van der Waals surface area contributed by atoms with E-state index in [2.05, 4.69) is 0 Å². The van der Waals surface area contributed by atoms with Crippen molar-refractivity contribution < 1.29 is 18.3 Å². The molecule has 2 nitrogen and oxygen atoms in total. The van der Waals surface area contributed by atoms with Crippen LogP contribution in [0.1, 0.15) is 31.4 Å². The highest BCUT2D eigenvalue weighted by Gasteiger charge is 2.47. The number of hydrogen-bond acceptors (Lipinski definition) is 2. The van der Waals surface area contributed by atoms with E-state index in [9.17, 15) is 18.3 Å². The Morgan fingerprint density at radius 3 is 2.47 bits per heavy atom. The second-order valence-electron chi connectivity index (χ2n) is 5.06. The number of aliphatic hydroxyl groups excluding tert-OH is 1. The number of halogens is 3. The highest BCUT2D eigenvalue weighted by Crippen LogP contribution is 2.36. The lowest BCUT2D eigenvalue weighted by Gasteiger charge is -2.42. The lowest BCUT2D eigenvalue weighted by molar-refractivity contribution is -0.206. The summed E-state index contributed by atoms with van der Waals surface area (Å²) in [6.07, 6.45) is -5.00. The number of alkyl halides is 3. The lowest BCUT2D eigenvalue weighted by Crippen LogP contribution is -2.52. The highest BCUT2D eigenvalue weighted by molar-refractivity contribution is 5.19. The molecule has 3 unspecified atom stereocenters. The zero-order chi connectivity index (χ0) is 14.0. The molecular formula is C14H18F3NO. The van der Waals surface area contributed by atoms with Crippen LogP contribution in [-0.4, -0.2) is 34.9 Å². The maximum atomic E-state index is 13.1. The smallest absolute Gasteiger partial charge is 0.393 e. The number of likely N-dealkylation sites (tertiary alicyclic amines) is 1. The topological polar surface area (TPSA) is 23.5 Å². The maximum absolute atomic E-state index is 13.1. The number of hydrogen-bond donors (Lipinski definition) is 1. The van der Waals surface area contributed by atoms with Crippen molar-refractivity contribution in [2.45, 2.75) is 44.1 Å². The van der Waals surface area contributed by atoms with Crippen molar-refractivity contribution in [3.8, 4) is 0 Å². The van der Waals surface area contributed by atoms with Gasteiger partial charge < -0.3 is 5.11 Å². The van der Waals surface area contributed by atoms with Crippen LogP contribution in [0.2, 0.25) is 0 Å². The van der Waals surface area contributed by atoms with Crippen molar-refractivity contribution in [2.24, 2.45) is 0 Å². The van der Waals surface area contributed by atoms with E-state index in [-0.39, 0.29) is 19.0 Å². The summed E-state index contributed by atoms with van der Waals surface area (Å²) in [5.74, 6) is 0. The molecule has 19 heavy (non-hydrogen) atoms. The molecule has 1 fully saturated rings. The van der Waals surface area contributed by atoms with Crippen molar-refractivity contribution in [1.82, 2.24) is 4.90 Å². The molecule has 0 spiro atoms. The van der Waals surface area contributed by atoms with Gasteiger partial charge in [-0.2, -0.15) is 13.2 Å². The Kier molecular flexibility index (Phi) is 4.16. The molecule has 5 heteroatoms. The fraction of sp³-hybridized carbons (Fsp3) is 0.571. The number of nitrogens with zero attached hydrogens (tertiary/aromatic N) is 1. The molecule has 1 heterocycles. The number of aliphatic hydroxyl groups is 1. The molecule has 1 N–H and O–H groups in total. The quantitative estimate of drug-likeness (QED) is 0.895. The molecule has 0 aromatic heterocycles. The van der Waals surface area contributed by atoms with E-state index in [1.54, 1.807) is 6.92 Å². The number of benzene rings is 1. The van der Waals surface area contributed by atoms with E-state index < -0.39 is 18.3 Å². The summed E-state index contributed by atoms with van der Waals surface area (Å²) in [5.41, 5.74) is 0.869. The van der Waals surface area contributed by atoms with Crippen LogP contribution in [0.15, 0.2) is 30.3 Å². The molecule has 1 saturated heterocycles. The fourth-order valence-corrected chi connectivity index (χ4v) is 2.67. The Morgan fingerprint density at radius 2 is 1.89 bits per heavy atom. The Hall–Kier alpha value is -1.07. The lowest BCUT2D eigenvalue weighted by atomic mass is 9.95. The van der Waals surface area contributed by atoms with Gasteiger partial charge in [-0.15, -0.1) is 0 Å². The molecule has 0 aliphatic carbocycles. The van der Waals surface area contributed by atoms with Gasteiger partial charge in [-0.25, -0.2) is 0 Å². The minimum Gasteiger partial charge on any atom is -0.393 e. The van der Waals surface area contributed by atoms with Gasteiger partial charge in [-0.1, -0.05) is 30.3 Å². The number of rotatable bonds is 2. The van der Waals surface area contributed by atoms with Gasteiger partial charge in [0.05, 0.1) is 6.10 Å². The van der Waals surface area contributed by atoms with Crippen LogP contribution in [0.3, 0.4) is 0 Å². The second-order valence-corrected chi connectivity index (χ2v) is 5.06. The van der Waals surface area contributed by atoms with Crippen LogP contribution >= 0.6 is 0 Å². The molecule has 0 saturated carbocycles. The minimum absolute atomic E-state index is 0.235. The summed E-state index contributed by atoms with van der Waals surface area (Å²) in [4.78, 5) is 1.45. The maximum Gasteiger partial charge on any atom is 0.404 e.